The van der Waals surface area contributed by atoms with Gasteiger partial charge < -0.3 is 14.5 Å². The number of thiazole rings is 1. The van der Waals surface area contributed by atoms with E-state index in [-0.39, 0.29) is 5.91 Å². The zero-order chi connectivity index (χ0) is 23.7. The molecule has 2 aromatic heterocycles. The average molecular weight is 521 g/mol. The number of carbonyl (C=O) groups is 1. The summed E-state index contributed by atoms with van der Waals surface area (Å²) in [7, 11) is -3.66. The van der Waals surface area contributed by atoms with E-state index < -0.39 is 16.1 Å². The van der Waals surface area contributed by atoms with Crippen molar-refractivity contribution in [2.24, 2.45) is 0 Å². The molecule has 5 rings (SSSR count). The molecule has 3 aromatic rings. The van der Waals surface area contributed by atoms with Crippen LogP contribution in [-0.4, -0.2) is 73.9 Å². The van der Waals surface area contributed by atoms with Gasteiger partial charge in [-0.1, -0.05) is 29.9 Å². The van der Waals surface area contributed by atoms with E-state index in [1.54, 1.807) is 28.8 Å². The Bertz CT molecular complexity index is 1250. The zero-order valence-electron chi connectivity index (χ0n) is 19.1. The minimum atomic E-state index is -3.66. The fraction of sp³-hybridized carbons (Fsp3) is 0.478. The molecule has 1 amide bonds. The summed E-state index contributed by atoms with van der Waals surface area (Å²) >= 11 is 2.83. The molecule has 0 aliphatic carbocycles. The molecule has 0 radical (unpaired) electrons. The van der Waals surface area contributed by atoms with E-state index in [1.165, 1.54) is 15.6 Å². The van der Waals surface area contributed by atoms with Crippen LogP contribution in [0.1, 0.15) is 26.2 Å². The SMILES string of the molecule is CCOc1cccc2sc(N3CCN(C(=O)C4CCCCN4S(=O)(=O)c4cccs4)CC3)nc12. The normalized spacial score (nSPS) is 20.1. The van der Waals surface area contributed by atoms with Crippen molar-refractivity contribution in [2.75, 3.05) is 44.2 Å². The predicted molar refractivity (Wildman–Crippen MR) is 135 cm³/mol. The van der Waals surface area contributed by atoms with Crippen molar-refractivity contribution >= 4 is 54.0 Å². The molecule has 1 aromatic carbocycles. The molecular formula is C23H28N4O4S3. The highest BCUT2D eigenvalue weighted by Gasteiger charge is 2.40. The molecule has 182 valence electrons. The van der Waals surface area contributed by atoms with Crippen LogP contribution in [0.25, 0.3) is 10.2 Å². The number of hydrogen-bond acceptors (Lipinski definition) is 8. The van der Waals surface area contributed by atoms with E-state index in [9.17, 15) is 13.2 Å². The first-order chi connectivity index (χ1) is 16.5. The number of para-hydroxylation sites is 1. The van der Waals surface area contributed by atoms with Gasteiger partial charge in [-0.05, 0) is 43.3 Å². The van der Waals surface area contributed by atoms with Crippen molar-refractivity contribution < 1.29 is 17.9 Å². The number of piperazine rings is 1. The van der Waals surface area contributed by atoms with Crippen LogP contribution in [0.3, 0.4) is 0 Å². The molecule has 4 heterocycles. The lowest BCUT2D eigenvalue weighted by atomic mass is 10.0. The van der Waals surface area contributed by atoms with Crippen LogP contribution in [0.2, 0.25) is 0 Å². The maximum absolute atomic E-state index is 13.5. The first-order valence-electron chi connectivity index (χ1n) is 11.6. The van der Waals surface area contributed by atoms with Gasteiger partial charge in [0, 0.05) is 32.7 Å². The van der Waals surface area contributed by atoms with Crippen LogP contribution >= 0.6 is 22.7 Å². The molecule has 2 saturated heterocycles. The average Bonchev–Trinajstić information content (AvgIpc) is 3.55. The fourth-order valence-corrected chi connectivity index (χ4v) is 8.42. The fourth-order valence-electron chi connectivity index (χ4n) is 4.61. The lowest BCUT2D eigenvalue weighted by Crippen LogP contribution is -2.57. The van der Waals surface area contributed by atoms with E-state index in [0.29, 0.717) is 50.0 Å². The largest absolute Gasteiger partial charge is 0.492 e. The second-order valence-electron chi connectivity index (χ2n) is 8.40. The Morgan fingerprint density at radius 2 is 1.94 bits per heavy atom. The molecule has 1 unspecified atom stereocenters. The number of fused-ring (bicyclic) bond motifs is 1. The summed E-state index contributed by atoms with van der Waals surface area (Å²) in [6, 6.07) is 8.69. The topological polar surface area (TPSA) is 83.0 Å². The zero-order valence-corrected chi connectivity index (χ0v) is 21.5. The summed E-state index contributed by atoms with van der Waals surface area (Å²) in [4.78, 5) is 22.3. The second-order valence-corrected chi connectivity index (χ2v) is 12.5. The summed E-state index contributed by atoms with van der Waals surface area (Å²) in [6.45, 7) is 5.38. The maximum atomic E-state index is 13.5. The third-order valence-corrected chi connectivity index (χ3v) is 10.7. The van der Waals surface area contributed by atoms with Gasteiger partial charge in [-0.25, -0.2) is 13.4 Å². The monoisotopic (exact) mass is 520 g/mol. The quantitative estimate of drug-likeness (QED) is 0.494. The Hall–Kier alpha value is -2.21. The van der Waals surface area contributed by atoms with Gasteiger partial charge in [0.15, 0.2) is 5.13 Å². The number of thiophene rings is 1. The number of aromatic nitrogens is 1. The van der Waals surface area contributed by atoms with Crippen molar-refractivity contribution in [1.29, 1.82) is 0 Å². The van der Waals surface area contributed by atoms with Gasteiger partial charge in [0.2, 0.25) is 5.91 Å². The summed E-state index contributed by atoms with van der Waals surface area (Å²) in [5.41, 5.74) is 0.875. The number of rotatable bonds is 6. The van der Waals surface area contributed by atoms with Gasteiger partial charge >= 0.3 is 0 Å². The lowest BCUT2D eigenvalue weighted by molar-refractivity contribution is -0.136. The third-order valence-electron chi connectivity index (χ3n) is 6.33. The molecule has 8 nitrogen and oxygen atoms in total. The molecule has 0 saturated carbocycles. The number of amides is 1. The smallest absolute Gasteiger partial charge is 0.253 e. The van der Waals surface area contributed by atoms with Crippen LogP contribution in [0.5, 0.6) is 5.75 Å². The summed E-state index contributed by atoms with van der Waals surface area (Å²) < 4.78 is 34.9. The van der Waals surface area contributed by atoms with E-state index in [4.69, 9.17) is 9.72 Å². The van der Waals surface area contributed by atoms with Gasteiger partial charge in [0.05, 0.1) is 11.3 Å². The number of sulfonamides is 1. The van der Waals surface area contributed by atoms with Gasteiger partial charge in [0.25, 0.3) is 10.0 Å². The molecule has 2 aliphatic rings. The van der Waals surface area contributed by atoms with Crippen LogP contribution in [0.15, 0.2) is 39.9 Å². The van der Waals surface area contributed by atoms with Crippen molar-refractivity contribution in [2.45, 2.75) is 36.4 Å². The summed E-state index contributed by atoms with van der Waals surface area (Å²) in [6.07, 6.45) is 2.21. The lowest BCUT2D eigenvalue weighted by Gasteiger charge is -2.40. The van der Waals surface area contributed by atoms with Crippen molar-refractivity contribution in [3.63, 3.8) is 0 Å². The molecule has 2 fully saturated rings. The molecule has 1 atom stereocenters. The highest BCUT2D eigenvalue weighted by Crippen LogP contribution is 2.35. The first kappa shape index (κ1) is 23.5. The summed E-state index contributed by atoms with van der Waals surface area (Å²) in [5.74, 6) is 0.711. The molecule has 2 aliphatic heterocycles. The van der Waals surface area contributed by atoms with E-state index in [2.05, 4.69) is 4.90 Å². The van der Waals surface area contributed by atoms with Gasteiger partial charge in [-0.3, -0.25) is 4.79 Å². The molecule has 0 N–H and O–H groups in total. The van der Waals surface area contributed by atoms with Crippen molar-refractivity contribution in [3.05, 3.63) is 35.7 Å². The Labute approximate surface area is 207 Å². The minimum absolute atomic E-state index is 0.0811. The van der Waals surface area contributed by atoms with Crippen LogP contribution in [0, 0.1) is 0 Å². The van der Waals surface area contributed by atoms with Gasteiger partial charge in [-0.15, -0.1) is 11.3 Å². The van der Waals surface area contributed by atoms with Crippen LogP contribution < -0.4 is 9.64 Å². The molecule has 0 spiro atoms. The minimum Gasteiger partial charge on any atom is -0.492 e. The number of piperidine rings is 1. The van der Waals surface area contributed by atoms with E-state index in [1.807, 2.05) is 30.0 Å². The summed E-state index contributed by atoms with van der Waals surface area (Å²) in [5, 5.41) is 2.68. The number of hydrogen-bond donors (Lipinski definition) is 0. The van der Waals surface area contributed by atoms with Crippen LogP contribution in [-0.2, 0) is 14.8 Å². The highest BCUT2D eigenvalue weighted by atomic mass is 32.2. The first-order valence-corrected chi connectivity index (χ1v) is 14.7. The number of ether oxygens (including phenoxy) is 1. The Morgan fingerprint density at radius 3 is 2.68 bits per heavy atom. The molecular weight excluding hydrogens is 492 g/mol. The van der Waals surface area contributed by atoms with Gasteiger partial charge in [0.1, 0.15) is 21.5 Å². The standard InChI is InChI=1S/C23H28N4O4S3/c1-2-31-18-8-5-9-19-21(18)24-23(33-19)26-14-12-25(13-15-26)22(28)17-7-3-4-11-27(17)34(29,30)20-10-6-16-32-20/h5-6,8-10,16-17H,2-4,7,11-15H2,1H3. The Morgan fingerprint density at radius 1 is 1.12 bits per heavy atom. The van der Waals surface area contributed by atoms with E-state index >= 15 is 0 Å². The predicted octanol–water partition coefficient (Wildman–Crippen LogP) is 3.65. The van der Waals surface area contributed by atoms with Gasteiger partial charge in [-0.2, -0.15) is 4.31 Å². The number of anilines is 1. The van der Waals surface area contributed by atoms with E-state index in [0.717, 1.165) is 33.9 Å². The number of carbonyl (C=O) groups excluding carboxylic acids is 1. The van der Waals surface area contributed by atoms with Crippen molar-refractivity contribution in [3.8, 4) is 5.75 Å². The molecule has 34 heavy (non-hydrogen) atoms. The highest BCUT2D eigenvalue weighted by molar-refractivity contribution is 7.91. The molecule has 11 heteroatoms. The van der Waals surface area contributed by atoms with Crippen LogP contribution in [0.4, 0.5) is 5.13 Å². The number of benzene rings is 1. The molecule has 0 bridgehead atoms. The van der Waals surface area contributed by atoms with Crippen molar-refractivity contribution in [1.82, 2.24) is 14.2 Å². The second kappa shape index (κ2) is 9.80. The third kappa shape index (κ3) is 4.41. The Balaban J connectivity index is 1.28. The number of nitrogens with zero attached hydrogens (tertiary/aromatic N) is 4. The Kier molecular flexibility index (Phi) is 6.79. The maximum Gasteiger partial charge on any atom is 0.253 e.